The second-order valence-electron chi connectivity index (χ2n) is 6.32. The second-order valence-corrected chi connectivity index (χ2v) is 7.35. The van der Waals surface area contributed by atoms with Crippen LogP contribution in [0.5, 0.6) is 0 Å². The molecular weight excluding hydrogens is 356 g/mol. The Morgan fingerprint density at radius 1 is 1.00 bits per heavy atom. The van der Waals surface area contributed by atoms with Crippen molar-refractivity contribution in [3.05, 3.63) is 83.0 Å². The molecule has 0 fully saturated rings. The fourth-order valence-electron chi connectivity index (χ4n) is 2.68. The van der Waals surface area contributed by atoms with Crippen LogP contribution in [0.2, 0.25) is 0 Å². The molecule has 0 spiro atoms. The molecule has 136 valence electrons. The van der Waals surface area contributed by atoms with Gasteiger partial charge in [-0.05, 0) is 56.7 Å². The zero-order chi connectivity index (χ0) is 19.4. The number of rotatable bonds is 5. The number of hydrogen-bond acceptors (Lipinski definition) is 4. The van der Waals surface area contributed by atoms with E-state index in [-0.39, 0.29) is 11.7 Å². The van der Waals surface area contributed by atoms with Crippen LogP contribution in [0.1, 0.15) is 38.8 Å². The number of carbonyl (C=O) groups is 2. The highest BCUT2D eigenvalue weighted by Crippen LogP contribution is 2.31. The molecule has 3 aromatic rings. The molecule has 1 N–H and O–H groups in total. The van der Waals surface area contributed by atoms with Gasteiger partial charge in [0, 0.05) is 22.3 Å². The molecule has 1 heterocycles. The van der Waals surface area contributed by atoms with Gasteiger partial charge in [0.1, 0.15) is 5.03 Å². The van der Waals surface area contributed by atoms with Crippen molar-refractivity contribution in [1.29, 1.82) is 0 Å². The van der Waals surface area contributed by atoms with E-state index in [1.165, 1.54) is 24.2 Å². The lowest BCUT2D eigenvalue weighted by Gasteiger charge is -2.11. The highest BCUT2D eigenvalue weighted by Gasteiger charge is 2.15. The molecule has 0 atom stereocenters. The minimum absolute atomic E-state index is 0.0430. The maximum Gasteiger partial charge on any atom is 0.258 e. The maximum atomic E-state index is 12.8. The molecule has 0 saturated carbocycles. The summed E-state index contributed by atoms with van der Waals surface area (Å²) in [6.07, 6.45) is 1.68. The molecule has 3 rings (SSSR count). The third-order valence-electron chi connectivity index (χ3n) is 4.08. The smallest absolute Gasteiger partial charge is 0.258 e. The Morgan fingerprint density at radius 2 is 1.81 bits per heavy atom. The number of amides is 1. The van der Waals surface area contributed by atoms with Crippen molar-refractivity contribution in [2.24, 2.45) is 0 Å². The summed E-state index contributed by atoms with van der Waals surface area (Å²) in [5.74, 6) is -0.297. The van der Waals surface area contributed by atoms with Gasteiger partial charge >= 0.3 is 0 Å². The summed E-state index contributed by atoms with van der Waals surface area (Å²) in [5, 5.41) is 3.50. The molecule has 5 heteroatoms. The minimum atomic E-state index is -0.254. The number of ketones is 1. The normalized spacial score (nSPS) is 10.5. The lowest BCUT2D eigenvalue weighted by molar-refractivity contribution is 0.101. The lowest BCUT2D eigenvalue weighted by atomic mass is 10.1. The minimum Gasteiger partial charge on any atom is -0.322 e. The topological polar surface area (TPSA) is 59.1 Å². The van der Waals surface area contributed by atoms with Gasteiger partial charge < -0.3 is 5.32 Å². The van der Waals surface area contributed by atoms with Gasteiger partial charge in [-0.15, -0.1) is 0 Å². The number of pyridine rings is 1. The lowest BCUT2D eigenvalue weighted by Crippen LogP contribution is -2.14. The van der Waals surface area contributed by atoms with Crippen LogP contribution in [0.15, 0.2) is 70.7 Å². The number of carbonyl (C=O) groups excluding carboxylic acids is 2. The van der Waals surface area contributed by atoms with E-state index in [2.05, 4.69) is 23.3 Å². The van der Waals surface area contributed by atoms with Crippen LogP contribution in [0, 0.1) is 13.8 Å². The summed E-state index contributed by atoms with van der Waals surface area (Å²) in [7, 11) is 0. The quantitative estimate of drug-likeness (QED) is 0.614. The van der Waals surface area contributed by atoms with Crippen molar-refractivity contribution in [2.45, 2.75) is 30.7 Å². The van der Waals surface area contributed by atoms with Gasteiger partial charge in [-0.3, -0.25) is 9.59 Å². The molecule has 1 amide bonds. The molecule has 0 bridgehead atoms. The number of benzene rings is 2. The molecule has 2 aromatic carbocycles. The van der Waals surface area contributed by atoms with E-state index >= 15 is 0 Å². The Balaban J connectivity index is 1.86. The number of Topliss-reactive ketones (excluding diaryl/α,β-unsaturated/α-hetero) is 1. The van der Waals surface area contributed by atoms with Crippen molar-refractivity contribution < 1.29 is 9.59 Å². The summed E-state index contributed by atoms with van der Waals surface area (Å²) in [4.78, 5) is 29.8. The van der Waals surface area contributed by atoms with E-state index < -0.39 is 0 Å². The summed E-state index contributed by atoms with van der Waals surface area (Å²) < 4.78 is 0. The Kier molecular flexibility index (Phi) is 5.72. The fourth-order valence-corrected chi connectivity index (χ4v) is 3.63. The summed E-state index contributed by atoms with van der Waals surface area (Å²) in [5.41, 5.74) is 3.98. The van der Waals surface area contributed by atoms with Crippen LogP contribution in [-0.4, -0.2) is 16.7 Å². The third kappa shape index (κ3) is 4.63. The molecule has 27 heavy (non-hydrogen) atoms. The second kappa shape index (κ2) is 8.18. The third-order valence-corrected chi connectivity index (χ3v) is 5.28. The molecule has 1 aromatic heterocycles. The average Bonchev–Trinajstić information content (AvgIpc) is 2.64. The van der Waals surface area contributed by atoms with Crippen molar-refractivity contribution in [3.8, 4) is 0 Å². The van der Waals surface area contributed by atoms with Crippen molar-refractivity contribution in [3.63, 3.8) is 0 Å². The van der Waals surface area contributed by atoms with Gasteiger partial charge in [0.25, 0.3) is 5.91 Å². The van der Waals surface area contributed by atoms with Crippen LogP contribution in [0.4, 0.5) is 5.69 Å². The number of anilines is 1. The Hall–Kier alpha value is -2.92. The van der Waals surface area contributed by atoms with Gasteiger partial charge in [0.05, 0.1) is 5.56 Å². The van der Waals surface area contributed by atoms with Gasteiger partial charge in [-0.25, -0.2) is 4.98 Å². The highest BCUT2D eigenvalue weighted by molar-refractivity contribution is 7.99. The first-order valence-corrected chi connectivity index (χ1v) is 9.38. The van der Waals surface area contributed by atoms with Gasteiger partial charge in [-0.1, -0.05) is 41.6 Å². The molecule has 0 saturated heterocycles. The first-order chi connectivity index (χ1) is 12.9. The average molecular weight is 376 g/mol. The zero-order valence-electron chi connectivity index (χ0n) is 15.4. The molecule has 0 radical (unpaired) electrons. The van der Waals surface area contributed by atoms with Crippen LogP contribution in [-0.2, 0) is 0 Å². The molecular formula is C22H20N2O2S. The maximum absolute atomic E-state index is 12.8. The van der Waals surface area contributed by atoms with Gasteiger partial charge in [0.2, 0.25) is 0 Å². The predicted molar refractivity (Wildman–Crippen MR) is 109 cm³/mol. The van der Waals surface area contributed by atoms with E-state index in [9.17, 15) is 9.59 Å². The molecule has 0 aliphatic carbocycles. The standard InChI is InChI=1S/C22H20N2O2S/c1-14-9-10-20(15(2)12-14)27-22-19(8-5-11-23-22)21(26)24-18-7-4-6-17(13-18)16(3)25/h4-13H,1-3H3,(H,24,26). The predicted octanol–water partition coefficient (Wildman–Crippen LogP) is 5.30. The number of aryl methyl sites for hydroxylation is 2. The van der Waals surface area contributed by atoms with Crippen LogP contribution < -0.4 is 5.32 Å². The Morgan fingerprint density at radius 3 is 2.56 bits per heavy atom. The van der Waals surface area contributed by atoms with Crippen molar-refractivity contribution in [2.75, 3.05) is 5.32 Å². The van der Waals surface area contributed by atoms with Crippen molar-refractivity contribution in [1.82, 2.24) is 4.98 Å². The summed E-state index contributed by atoms with van der Waals surface area (Å²) in [6, 6.07) is 16.6. The first-order valence-electron chi connectivity index (χ1n) is 8.56. The largest absolute Gasteiger partial charge is 0.322 e. The summed E-state index contributed by atoms with van der Waals surface area (Å²) in [6.45, 7) is 5.60. The van der Waals surface area contributed by atoms with E-state index in [0.717, 1.165) is 10.5 Å². The monoisotopic (exact) mass is 376 g/mol. The van der Waals surface area contributed by atoms with E-state index in [1.807, 2.05) is 19.1 Å². The Labute approximate surface area is 163 Å². The zero-order valence-corrected chi connectivity index (χ0v) is 16.3. The van der Waals surface area contributed by atoms with Crippen LogP contribution in [0.3, 0.4) is 0 Å². The Bertz CT molecular complexity index is 1010. The molecule has 0 unspecified atom stereocenters. The molecule has 4 nitrogen and oxygen atoms in total. The van der Waals surface area contributed by atoms with Gasteiger partial charge in [0.15, 0.2) is 5.78 Å². The molecule has 0 aliphatic heterocycles. The number of nitrogens with one attached hydrogen (secondary N) is 1. The number of hydrogen-bond donors (Lipinski definition) is 1. The highest BCUT2D eigenvalue weighted by atomic mass is 32.2. The van der Waals surface area contributed by atoms with Crippen LogP contribution in [0.25, 0.3) is 0 Å². The summed E-state index contributed by atoms with van der Waals surface area (Å²) >= 11 is 1.47. The van der Waals surface area contributed by atoms with Crippen molar-refractivity contribution >= 4 is 29.1 Å². The van der Waals surface area contributed by atoms with E-state index in [4.69, 9.17) is 0 Å². The SMILES string of the molecule is CC(=O)c1cccc(NC(=O)c2cccnc2Sc2ccc(C)cc2C)c1. The van der Waals surface area contributed by atoms with E-state index in [1.54, 1.807) is 42.6 Å². The number of nitrogens with zero attached hydrogens (tertiary/aromatic N) is 1. The van der Waals surface area contributed by atoms with Gasteiger partial charge in [-0.2, -0.15) is 0 Å². The fraction of sp³-hybridized carbons (Fsp3) is 0.136. The van der Waals surface area contributed by atoms with E-state index in [0.29, 0.717) is 21.8 Å². The number of aromatic nitrogens is 1. The van der Waals surface area contributed by atoms with Crippen LogP contribution >= 0.6 is 11.8 Å². The first kappa shape index (κ1) is 18.9. The molecule has 0 aliphatic rings.